The Labute approximate surface area is 126 Å². The zero-order valence-corrected chi connectivity index (χ0v) is 13.0. The molecule has 21 heavy (non-hydrogen) atoms. The summed E-state index contributed by atoms with van der Waals surface area (Å²) in [5.74, 6) is 0.601. The lowest BCUT2D eigenvalue weighted by molar-refractivity contribution is 0.346. The molecule has 0 atom stereocenters. The average molecular weight is 310 g/mol. The van der Waals surface area contributed by atoms with E-state index in [2.05, 4.69) is 15.2 Å². The highest BCUT2D eigenvalue weighted by atomic mass is 32.2. The molecule has 0 aromatic carbocycles. The number of rotatable bonds is 3. The smallest absolute Gasteiger partial charge is 0.246 e. The van der Waals surface area contributed by atoms with Gasteiger partial charge >= 0.3 is 0 Å². The van der Waals surface area contributed by atoms with E-state index in [-0.39, 0.29) is 0 Å². The lowest BCUT2D eigenvalue weighted by Crippen LogP contribution is -2.45. The first-order valence-electron chi connectivity index (χ1n) is 7.60. The van der Waals surface area contributed by atoms with Crippen molar-refractivity contribution >= 4 is 15.8 Å². The Morgan fingerprint density at radius 2 is 1.76 bits per heavy atom. The van der Waals surface area contributed by atoms with Crippen molar-refractivity contribution in [2.75, 3.05) is 44.2 Å². The molecular weight excluding hydrogens is 288 g/mol. The molecule has 0 bridgehead atoms. The molecule has 7 heteroatoms. The number of hydrogen-bond acceptors (Lipinski definition) is 5. The van der Waals surface area contributed by atoms with Crippen molar-refractivity contribution in [2.24, 2.45) is 0 Å². The van der Waals surface area contributed by atoms with Crippen molar-refractivity contribution in [3.05, 3.63) is 18.3 Å². The van der Waals surface area contributed by atoms with Crippen LogP contribution in [-0.4, -0.2) is 57.0 Å². The van der Waals surface area contributed by atoms with Crippen molar-refractivity contribution in [1.82, 2.24) is 14.6 Å². The second kappa shape index (κ2) is 6.29. The van der Waals surface area contributed by atoms with Crippen molar-refractivity contribution < 1.29 is 8.42 Å². The molecule has 0 amide bonds. The first kappa shape index (κ1) is 14.7. The fourth-order valence-electron chi connectivity index (χ4n) is 2.94. The second-order valence-electron chi connectivity index (χ2n) is 5.53. The van der Waals surface area contributed by atoms with Gasteiger partial charge in [0.2, 0.25) is 10.0 Å². The van der Waals surface area contributed by atoms with E-state index in [0.717, 1.165) is 45.4 Å². The first-order chi connectivity index (χ1) is 10.2. The van der Waals surface area contributed by atoms with Gasteiger partial charge in [0, 0.05) is 45.5 Å². The molecule has 0 radical (unpaired) electrons. The lowest BCUT2D eigenvalue weighted by atomic mass is 10.2. The van der Waals surface area contributed by atoms with E-state index >= 15 is 0 Å². The van der Waals surface area contributed by atoms with Crippen LogP contribution in [0.15, 0.2) is 23.2 Å². The van der Waals surface area contributed by atoms with Crippen molar-refractivity contribution in [2.45, 2.75) is 24.2 Å². The molecule has 0 spiro atoms. The van der Waals surface area contributed by atoms with E-state index in [1.165, 1.54) is 0 Å². The number of piperazine rings is 1. The molecule has 1 N–H and O–H groups in total. The zero-order valence-electron chi connectivity index (χ0n) is 12.2. The summed E-state index contributed by atoms with van der Waals surface area (Å²) in [6.45, 7) is 4.55. The average Bonchev–Trinajstić information content (AvgIpc) is 2.56. The van der Waals surface area contributed by atoms with Crippen LogP contribution in [-0.2, 0) is 10.0 Å². The van der Waals surface area contributed by atoms with Crippen LogP contribution < -0.4 is 10.2 Å². The molecule has 0 unspecified atom stereocenters. The number of nitrogens with one attached hydrogen (secondary N) is 1. The van der Waals surface area contributed by atoms with Gasteiger partial charge in [0.1, 0.15) is 10.7 Å². The molecule has 2 aliphatic heterocycles. The fourth-order valence-corrected chi connectivity index (χ4v) is 4.62. The summed E-state index contributed by atoms with van der Waals surface area (Å²) in [5.41, 5.74) is 0. The van der Waals surface area contributed by atoms with Crippen LogP contribution in [0.2, 0.25) is 0 Å². The van der Waals surface area contributed by atoms with Crippen LogP contribution in [0.5, 0.6) is 0 Å². The van der Waals surface area contributed by atoms with Gasteiger partial charge in [-0.1, -0.05) is 6.42 Å². The quantitative estimate of drug-likeness (QED) is 0.889. The monoisotopic (exact) mass is 310 g/mol. The molecule has 6 nitrogen and oxygen atoms in total. The van der Waals surface area contributed by atoms with Gasteiger partial charge in [-0.25, -0.2) is 13.4 Å². The third-order valence-electron chi connectivity index (χ3n) is 4.10. The molecule has 2 fully saturated rings. The topological polar surface area (TPSA) is 65.5 Å². The van der Waals surface area contributed by atoms with Crippen LogP contribution in [0.25, 0.3) is 0 Å². The summed E-state index contributed by atoms with van der Waals surface area (Å²) in [5, 5.41) is 3.28. The number of sulfonamides is 1. The molecule has 0 aliphatic carbocycles. The third-order valence-corrected chi connectivity index (χ3v) is 6.02. The van der Waals surface area contributed by atoms with Crippen LogP contribution in [0, 0.1) is 0 Å². The Hall–Kier alpha value is -1.18. The molecule has 2 saturated heterocycles. The molecule has 3 heterocycles. The highest BCUT2D eigenvalue weighted by Crippen LogP contribution is 2.27. The lowest BCUT2D eigenvalue weighted by Gasteiger charge is -2.31. The summed E-state index contributed by atoms with van der Waals surface area (Å²) in [6, 6.07) is 3.40. The van der Waals surface area contributed by atoms with Gasteiger partial charge in [-0.2, -0.15) is 4.31 Å². The normalized spacial score (nSPS) is 21.4. The highest BCUT2D eigenvalue weighted by molar-refractivity contribution is 7.89. The summed E-state index contributed by atoms with van der Waals surface area (Å²) in [4.78, 5) is 6.77. The predicted molar refractivity (Wildman–Crippen MR) is 81.9 cm³/mol. The standard InChI is InChI=1S/C14H22N4O2S/c19-21(20,18-9-2-1-3-10-18)13-5-4-6-16-14(13)17-11-7-15-8-12-17/h4-6,15H,1-3,7-12H2. The van der Waals surface area contributed by atoms with Gasteiger partial charge in [-0.05, 0) is 25.0 Å². The van der Waals surface area contributed by atoms with Crippen molar-refractivity contribution in [1.29, 1.82) is 0 Å². The van der Waals surface area contributed by atoms with E-state index in [0.29, 0.717) is 23.8 Å². The molecule has 3 rings (SSSR count). The maximum absolute atomic E-state index is 12.9. The zero-order chi connectivity index (χ0) is 14.7. The number of piperidine rings is 1. The summed E-state index contributed by atoms with van der Waals surface area (Å²) in [7, 11) is -3.43. The van der Waals surface area contributed by atoms with E-state index in [4.69, 9.17) is 0 Å². The maximum Gasteiger partial charge on any atom is 0.246 e. The van der Waals surface area contributed by atoms with Crippen molar-refractivity contribution in [3.8, 4) is 0 Å². The SMILES string of the molecule is O=S(=O)(c1cccnc1N1CCNCC1)N1CCCCC1. The van der Waals surface area contributed by atoms with Gasteiger partial charge in [0.25, 0.3) is 0 Å². The number of aromatic nitrogens is 1. The van der Waals surface area contributed by atoms with Gasteiger partial charge in [0.15, 0.2) is 0 Å². The van der Waals surface area contributed by atoms with Crippen molar-refractivity contribution in [3.63, 3.8) is 0 Å². The van der Waals surface area contributed by atoms with E-state index in [1.807, 2.05) is 0 Å². The van der Waals surface area contributed by atoms with Crippen LogP contribution in [0.4, 0.5) is 5.82 Å². The van der Waals surface area contributed by atoms with E-state index in [9.17, 15) is 8.42 Å². The fraction of sp³-hybridized carbons (Fsp3) is 0.643. The number of nitrogens with zero attached hydrogens (tertiary/aromatic N) is 3. The summed E-state index contributed by atoms with van der Waals surface area (Å²) in [6.07, 6.45) is 4.68. The number of hydrogen-bond donors (Lipinski definition) is 1. The Morgan fingerprint density at radius 1 is 1.05 bits per heavy atom. The summed E-state index contributed by atoms with van der Waals surface area (Å²) >= 11 is 0. The second-order valence-corrected chi connectivity index (χ2v) is 7.43. The minimum atomic E-state index is -3.43. The van der Waals surface area contributed by atoms with Crippen LogP contribution >= 0.6 is 0 Å². The van der Waals surface area contributed by atoms with Gasteiger partial charge in [-0.3, -0.25) is 0 Å². The number of pyridine rings is 1. The number of anilines is 1. The Kier molecular flexibility index (Phi) is 4.42. The Balaban J connectivity index is 1.93. The van der Waals surface area contributed by atoms with Crippen LogP contribution in [0.1, 0.15) is 19.3 Å². The molecule has 1 aromatic heterocycles. The van der Waals surface area contributed by atoms with E-state index in [1.54, 1.807) is 22.6 Å². The highest BCUT2D eigenvalue weighted by Gasteiger charge is 2.30. The minimum Gasteiger partial charge on any atom is -0.353 e. The predicted octanol–water partition coefficient (Wildman–Crippen LogP) is 0.666. The van der Waals surface area contributed by atoms with Gasteiger partial charge in [0.05, 0.1) is 0 Å². The molecule has 0 saturated carbocycles. The van der Waals surface area contributed by atoms with Crippen LogP contribution in [0.3, 0.4) is 0 Å². The third kappa shape index (κ3) is 3.04. The van der Waals surface area contributed by atoms with Gasteiger partial charge in [-0.15, -0.1) is 0 Å². The molecule has 1 aromatic rings. The maximum atomic E-state index is 12.9. The Morgan fingerprint density at radius 3 is 2.48 bits per heavy atom. The largest absolute Gasteiger partial charge is 0.353 e. The molecular formula is C14H22N4O2S. The van der Waals surface area contributed by atoms with E-state index < -0.39 is 10.0 Å². The van der Waals surface area contributed by atoms with Gasteiger partial charge < -0.3 is 10.2 Å². The molecule has 116 valence electrons. The summed E-state index contributed by atoms with van der Waals surface area (Å²) < 4.78 is 27.4. The first-order valence-corrected chi connectivity index (χ1v) is 9.04. The minimum absolute atomic E-state index is 0.355. The molecule has 2 aliphatic rings. The Bertz CT molecular complexity index is 578.